The minimum absolute atomic E-state index is 0.00849. The number of rotatable bonds is 4. The predicted octanol–water partition coefficient (Wildman–Crippen LogP) is 2.49. The minimum Gasteiger partial charge on any atom is -0.387 e. The van der Waals surface area contributed by atoms with E-state index in [1.165, 1.54) is 17.4 Å². The van der Waals surface area contributed by atoms with Gasteiger partial charge in [0.15, 0.2) is 11.6 Å². The van der Waals surface area contributed by atoms with Crippen molar-refractivity contribution in [3.63, 3.8) is 0 Å². The molecule has 1 unspecified atom stereocenters. The summed E-state index contributed by atoms with van der Waals surface area (Å²) >= 11 is 1.44. The van der Waals surface area contributed by atoms with Gasteiger partial charge in [0, 0.05) is 12.1 Å². The second kappa shape index (κ2) is 5.90. The highest BCUT2D eigenvalue weighted by atomic mass is 32.1. The molecule has 0 spiro atoms. The smallest absolute Gasteiger partial charge is 0.251 e. The molecule has 0 aliphatic carbocycles. The Hall–Kier alpha value is -1.79. The molecule has 1 aromatic carbocycles. The van der Waals surface area contributed by atoms with Crippen molar-refractivity contribution in [3.8, 4) is 0 Å². The largest absolute Gasteiger partial charge is 0.387 e. The van der Waals surface area contributed by atoms with Crippen LogP contribution >= 0.6 is 11.3 Å². The van der Waals surface area contributed by atoms with Gasteiger partial charge in [-0.15, -0.1) is 0 Å². The van der Waals surface area contributed by atoms with E-state index in [0.29, 0.717) is 5.56 Å². The fourth-order valence-corrected chi connectivity index (χ4v) is 2.22. The van der Waals surface area contributed by atoms with Crippen molar-refractivity contribution in [2.45, 2.75) is 6.10 Å². The normalized spacial score (nSPS) is 12.2. The van der Waals surface area contributed by atoms with Crippen LogP contribution in [0.25, 0.3) is 0 Å². The van der Waals surface area contributed by atoms with Gasteiger partial charge >= 0.3 is 0 Å². The fourth-order valence-electron chi connectivity index (χ4n) is 1.51. The van der Waals surface area contributed by atoms with Gasteiger partial charge in [0.05, 0.1) is 6.10 Å². The Morgan fingerprint density at radius 1 is 1.32 bits per heavy atom. The lowest BCUT2D eigenvalue weighted by Gasteiger charge is -2.10. The highest BCUT2D eigenvalue weighted by Crippen LogP contribution is 2.15. The van der Waals surface area contributed by atoms with E-state index in [1.807, 2.05) is 5.38 Å². The number of aliphatic hydroxyl groups excluding tert-OH is 1. The van der Waals surface area contributed by atoms with Crippen LogP contribution in [-0.4, -0.2) is 17.6 Å². The maximum Gasteiger partial charge on any atom is 0.251 e. The van der Waals surface area contributed by atoms with Crippen molar-refractivity contribution in [2.24, 2.45) is 0 Å². The molecule has 2 rings (SSSR count). The first-order valence-corrected chi connectivity index (χ1v) is 6.45. The van der Waals surface area contributed by atoms with Crippen LogP contribution in [-0.2, 0) is 0 Å². The van der Waals surface area contributed by atoms with Gasteiger partial charge in [0.1, 0.15) is 0 Å². The first-order chi connectivity index (χ1) is 9.08. The van der Waals surface area contributed by atoms with Crippen molar-refractivity contribution >= 4 is 17.2 Å². The monoisotopic (exact) mass is 283 g/mol. The zero-order valence-electron chi connectivity index (χ0n) is 9.77. The Labute approximate surface area is 112 Å². The Kier molecular flexibility index (Phi) is 4.24. The van der Waals surface area contributed by atoms with Crippen molar-refractivity contribution in [1.82, 2.24) is 5.32 Å². The fraction of sp³-hybridized carbons (Fsp3) is 0.154. The van der Waals surface area contributed by atoms with Crippen molar-refractivity contribution in [2.75, 3.05) is 6.54 Å². The molecular formula is C13H11F2NO2S. The lowest BCUT2D eigenvalue weighted by Crippen LogP contribution is -2.28. The van der Waals surface area contributed by atoms with Crippen LogP contribution in [0.15, 0.2) is 35.0 Å². The lowest BCUT2D eigenvalue weighted by atomic mass is 10.1. The number of benzene rings is 1. The Morgan fingerprint density at radius 2 is 2.11 bits per heavy atom. The van der Waals surface area contributed by atoms with Gasteiger partial charge in [0.2, 0.25) is 0 Å². The van der Waals surface area contributed by atoms with Gasteiger partial charge in [-0.3, -0.25) is 4.79 Å². The van der Waals surface area contributed by atoms with Crippen LogP contribution in [0.2, 0.25) is 0 Å². The van der Waals surface area contributed by atoms with Crippen LogP contribution in [0.5, 0.6) is 0 Å². The average Bonchev–Trinajstić information content (AvgIpc) is 2.92. The zero-order valence-corrected chi connectivity index (χ0v) is 10.6. The van der Waals surface area contributed by atoms with Gasteiger partial charge in [-0.05, 0) is 40.6 Å². The number of carbonyl (C=O) groups is 1. The minimum atomic E-state index is -1.08. The van der Waals surface area contributed by atoms with Crippen LogP contribution in [0, 0.1) is 11.6 Å². The molecule has 0 bridgehead atoms. The van der Waals surface area contributed by atoms with Gasteiger partial charge in [0.25, 0.3) is 5.91 Å². The van der Waals surface area contributed by atoms with Crippen molar-refractivity contribution in [3.05, 3.63) is 57.8 Å². The SMILES string of the molecule is O=C(NCC(O)c1ccsc1)c1ccc(F)c(F)c1. The van der Waals surface area contributed by atoms with Crippen LogP contribution in [0.1, 0.15) is 22.0 Å². The van der Waals surface area contributed by atoms with Crippen molar-refractivity contribution in [1.29, 1.82) is 0 Å². The quantitative estimate of drug-likeness (QED) is 0.905. The summed E-state index contributed by atoms with van der Waals surface area (Å²) in [6.45, 7) is 0.00849. The summed E-state index contributed by atoms with van der Waals surface area (Å²) in [4.78, 5) is 11.7. The second-order valence-electron chi connectivity index (χ2n) is 3.91. The van der Waals surface area contributed by atoms with Crippen LogP contribution in [0.4, 0.5) is 8.78 Å². The molecule has 0 saturated carbocycles. The number of hydrogen-bond acceptors (Lipinski definition) is 3. The summed E-state index contributed by atoms with van der Waals surface area (Å²) in [5.74, 6) is -2.64. The number of carbonyl (C=O) groups excluding carboxylic acids is 1. The third kappa shape index (κ3) is 3.36. The van der Waals surface area contributed by atoms with Gasteiger partial charge in [-0.2, -0.15) is 11.3 Å². The van der Waals surface area contributed by atoms with E-state index in [1.54, 1.807) is 11.4 Å². The highest BCUT2D eigenvalue weighted by Gasteiger charge is 2.12. The van der Waals surface area contributed by atoms with E-state index in [0.717, 1.165) is 12.1 Å². The maximum atomic E-state index is 13.0. The molecule has 1 amide bonds. The average molecular weight is 283 g/mol. The Morgan fingerprint density at radius 3 is 2.74 bits per heavy atom. The first kappa shape index (κ1) is 13.6. The number of nitrogens with one attached hydrogen (secondary N) is 1. The molecule has 0 radical (unpaired) electrons. The lowest BCUT2D eigenvalue weighted by molar-refractivity contribution is 0.0916. The standard InChI is InChI=1S/C13H11F2NO2S/c14-10-2-1-8(5-11(10)15)13(18)16-6-12(17)9-3-4-19-7-9/h1-5,7,12,17H,6H2,(H,16,18). The van der Waals surface area contributed by atoms with Crippen LogP contribution in [0.3, 0.4) is 0 Å². The first-order valence-electron chi connectivity index (χ1n) is 5.51. The van der Waals surface area contributed by atoms with Gasteiger partial charge in [-0.25, -0.2) is 8.78 Å². The summed E-state index contributed by atoms with van der Waals surface area (Å²) in [6, 6.07) is 4.64. The number of amides is 1. The van der Waals surface area contributed by atoms with E-state index < -0.39 is 23.6 Å². The van der Waals surface area contributed by atoms with E-state index in [4.69, 9.17) is 0 Å². The molecule has 2 aromatic rings. The molecule has 1 aromatic heterocycles. The number of aliphatic hydroxyl groups is 1. The molecular weight excluding hydrogens is 272 g/mol. The Bertz CT molecular complexity index is 572. The van der Waals surface area contributed by atoms with Crippen LogP contribution < -0.4 is 5.32 Å². The third-order valence-corrected chi connectivity index (χ3v) is 3.27. The van der Waals surface area contributed by atoms with Crippen molar-refractivity contribution < 1.29 is 18.7 Å². The summed E-state index contributed by atoms with van der Waals surface area (Å²) in [6.07, 6.45) is -0.819. The molecule has 0 fully saturated rings. The number of thiophene rings is 1. The zero-order chi connectivity index (χ0) is 13.8. The van der Waals surface area contributed by atoms with E-state index in [2.05, 4.69) is 5.32 Å². The van der Waals surface area contributed by atoms with E-state index >= 15 is 0 Å². The summed E-state index contributed by atoms with van der Waals surface area (Å²) in [7, 11) is 0. The highest BCUT2D eigenvalue weighted by molar-refractivity contribution is 7.07. The van der Waals surface area contributed by atoms with Gasteiger partial charge in [-0.1, -0.05) is 0 Å². The van der Waals surface area contributed by atoms with E-state index in [9.17, 15) is 18.7 Å². The van der Waals surface area contributed by atoms with E-state index in [-0.39, 0.29) is 12.1 Å². The molecule has 3 nitrogen and oxygen atoms in total. The van der Waals surface area contributed by atoms with Gasteiger partial charge < -0.3 is 10.4 Å². The third-order valence-electron chi connectivity index (χ3n) is 2.57. The molecule has 2 N–H and O–H groups in total. The molecule has 6 heteroatoms. The molecule has 0 aliphatic heterocycles. The molecule has 0 aliphatic rings. The molecule has 1 atom stereocenters. The Balaban J connectivity index is 1.96. The molecule has 1 heterocycles. The molecule has 19 heavy (non-hydrogen) atoms. The maximum absolute atomic E-state index is 13.0. The number of hydrogen-bond donors (Lipinski definition) is 2. The molecule has 0 saturated heterocycles. The number of halogens is 2. The topological polar surface area (TPSA) is 49.3 Å². The summed E-state index contributed by atoms with van der Waals surface area (Å²) in [5, 5.41) is 15.8. The second-order valence-corrected chi connectivity index (χ2v) is 4.69. The summed E-state index contributed by atoms with van der Waals surface area (Å²) in [5.41, 5.74) is 0.715. The predicted molar refractivity (Wildman–Crippen MR) is 68.0 cm³/mol. The molecule has 100 valence electrons. The summed E-state index contributed by atoms with van der Waals surface area (Å²) < 4.78 is 25.7.